The fourth-order valence-corrected chi connectivity index (χ4v) is 6.46. The minimum atomic E-state index is -0.0722. The minimum absolute atomic E-state index is 0.0722. The van der Waals surface area contributed by atoms with Crippen LogP contribution in [0.15, 0.2) is 84.9 Å². The summed E-state index contributed by atoms with van der Waals surface area (Å²) in [6, 6.07) is 28.8. The summed E-state index contributed by atoms with van der Waals surface area (Å²) in [5.74, 6) is -0.144. The average Bonchev–Trinajstić information content (AvgIpc) is 3.07. The van der Waals surface area contributed by atoms with Gasteiger partial charge in [0, 0.05) is 22.3 Å². The summed E-state index contributed by atoms with van der Waals surface area (Å²) in [6.07, 6.45) is 17.8. The van der Waals surface area contributed by atoms with Gasteiger partial charge in [0.25, 0.3) is 0 Å². The van der Waals surface area contributed by atoms with Crippen molar-refractivity contribution < 1.29 is 9.59 Å². The fourth-order valence-electron chi connectivity index (χ4n) is 6.46. The van der Waals surface area contributed by atoms with Gasteiger partial charge >= 0.3 is 0 Å². The summed E-state index contributed by atoms with van der Waals surface area (Å²) in [4.78, 5) is 27.3. The molecule has 0 heterocycles. The molecule has 0 saturated carbocycles. The number of unbranched alkanes of at least 4 members (excludes halogenated alkanes) is 10. The molecular weight excluding hydrogens is 536 g/mol. The van der Waals surface area contributed by atoms with Crippen LogP contribution in [-0.4, -0.2) is 11.6 Å². The maximum absolute atomic E-state index is 13.6. The highest BCUT2D eigenvalue weighted by Crippen LogP contribution is 2.33. The second-order valence-electron chi connectivity index (χ2n) is 12.6. The van der Waals surface area contributed by atoms with Gasteiger partial charge in [0.1, 0.15) is 0 Å². The van der Waals surface area contributed by atoms with Crippen LogP contribution in [0.1, 0.15) is 134 Å². The molecule has 0 aliphatic heterocycles. The molecule has 2 heteroatoms. The van der Waals surface area contributed by atoms with Crippen LogP contribution < -0.4 is 0 Å². The predicted molar refractivity (Wildman–Crippen MR) is 185 cm³/mol. The number of hydrogen-bond donors (Lipinski definition) is 0. The van der Waals surface area contributed by atoms with Crippen LogP contribution in [0.2, 0.25) is 0 Å². The number of ketones is 2. The van der Waals surface area contributed by atoms with Gasteiger partial charge in [-0.2, -0.15) is 0 Å². The predicted octanol–water partition coefficient (Wildman–Crippen LogP) is 11.6. The Morgan fingerprint density at radius 2 is 0.705 bits per heavy atom. The Balaban J connectivity index is 1.24. The molecule has 44 heavy (non-hydrogen) atoms. The molecule has 0 amide bonds. The molecule has 1 aliphatic carbocycles. The zero-order chi connectivity index (χ0) is 30.7. The molecule has 228 valence electrons. The van der Waals surface area contributed by atoms with Gasteiger partial charge in [-0.3, -0.25) is 9.59 Å². The molecule has 0 unspecified atom stereocenters. The molecule has 0 N–H and O–H groups in total. The van der Waals surface area contributed by atoms with Crippen molar-refractivity contribution in [3.63, 3.8) is 0 Å². The highest BCUT2D eigenvalue weighted by molar-refractivity contribution is 6.29. The Hall–Kier alpha value is -3.78. The van der Waals surface area contributed by atoms with E-state index in [1.165, 1.54) is 88.2 Å². The Kier molecular flexibility index (Phi) is 11.4. The van der Waals surface area contributed by atoms with Gasteiger partial charge in [0.15, 0.2) is 11.6 Å². The zero-order valence-corrected chi connectivity index (χ0v) is 26.8. The lowest BCUT2D eigenvalue weighted by molar-refractivity contribution is 0.0979. The molecule has 4 aromatic carbocycles. The van der Waals surface area contributed by atoms with E-state index < -0.39 is 0 Å². The van der Waals surface area contributed by atoms with Crippen molar-refractivity contribution >= 4 is 11.6 Å². The van der Waals surface area contributed by atoms with Gasteiger partial charge in [-0.1, -0.05) is 139 Å². The lowest BCUT2D eigenvalue weighted by atomic mass is 9.81. The number of aryl methyl sites for hydroxylation is 2. The Labute approximate surface area is 264 Å². The van der Waals surface area contributed by atoms with Gasteiger partial charge in [0.2, 0.25) is 0 Å². The lowest BCUT2D eigenvalue weighted by Crippen LogP contribution is -2.21. The molecule has 0 bridgehead atoms. The monoisotopic (exact) mass is 584 g/mol. The molecule has 4 aromatic rings. The summed E-state index contributed by atoms with van der Waals surface area (Å²) >= 11 is 0. The van der Waals surface area contributed by atoms with Crippen LogP contribution in [0.3, 0.4) is 0 Å². The summed E-state index contributed by atoms with van der Waals surface area (Å²) in [5.41, 5.74) is 8.79. The number of rotatable bonds is 16. The molecule has 0 atom stereocenters. The summed E-state index contributed by atoms with van der Waals surface area (Å²) in [7, 11) is 0. The first-order chi connectivity index (χ1) is 21.6. The van der Waals surface area contributed by atoms with Crippen molar-refractivity contribution in [2.45, 2.75) is 104 Å². The van der Waals surface area contributed by atoms with Crippen molar-refractivity contribution in [3.8, 4) is 22.3 Å². The molecule has 2 nitrogen and oxygen atoms in total. The largest absolute Gasteiger partial charge is 0.289 e. The summed E-state index contributed by atoms with van der Waals surface area (Å²) in [6.45, 7) is 4.51. The van der Waals surface area contributed by atoms with E-state index in [1.54, 1.807) is 0 Å². The van der Waals surface area contributed by atoms with Crippen LogP contribution >= 0.6 is 0 Å². The van der Waals surface area contributed by atoms with Crippen LogP contribution in [0.4, 0.5) is 0 Å². The van der Waals surface area contributed by atoms with E-state index in [9.17, 15) is 9.59 Å². The zero-order valence-electron chi connectivity index (χ0n) is 26.8. The highest BCUT2D eigenvalue weighted by atomic mass is 16.1. The van der Waals surface area contributed by atoms with Crippen LogP contribution in [0.5, 0.6) is 0 Å². The van der Waals surface area contributed by atoms with Crippen molar-refractivity contribution in [3.05, 3.63) is 118 Å². The maximum Gasteiger partial charge on any atom is 0.194 e. The highest BCUT2D eigenvalue weighted by Gasteiger charge is 2.30. The minimum Gasteiger partial charge on any atom is -0.289 e. The van der Waals surface area contributed by atoms with Gasteiger partial charge in [-0.05, 0) is 83.3 Å². The normalized spacial score (nSPS) is 12.3. The van der Waals surface area contributed by atoms with E-state index in [4.69, 9.17) is 0 Å². The summed E-state index contributed by atoms with van der Waals surface area (Å²) in [5, 5.41) is 0. The molecular formula is C42H48O2. The molecule has 0 fully saturated rings. The van der Waals surface area contributed by atoms with Crippen molar-refractivity contribution in [2.24, 2.45) is 0 Å². The number of hydrogen-bond acceptors (Lipinski definition) is 2. The van der Waals surface area contributed by atoms with Crippen molar-refractivity contribution in [2.75, 3.05) is 0 Å². The van der Waals surface area contributed by atoms with Crippen LogP contribution in [-0.2, 0) is 12.8 Å². The molecule has 0 saturated heterocycles. The third-order valence-corrected chi connectivity index (χ3v) is 9.23. The van der Waals surface area contributed by atoms with Crippen LogP contribution in [0, 0.1) is 0 Å². The smallest absolute Gasteiger partial charge is 0.194 e. The quantitative estimate of drug-likeness (QED) is 0.108. The Bertz CT molecular complexity index is 1420. The van der Waals surface area contributed by atoms with E-state index in [0.29, 0.717) is 22.3 Å². The average molecular weight is 585 g/mol. The van der Waals surface area contributed by atoms with E-state index in [2.05, 4.69) is 62.4 Å². The first-order valence-electron chi connectivity index (χ1n) is 17.1. The van der Waals surface area contributed by atoms with Crippen LogP contribution in [0.25, 0.3) is 22.3 Å². The third-order valence-electron chi connectivity index (χ3n) is 9.23. The first kappa shape index (κ1) is 31.6. The first-order valence-corrected chi connectivity index (χ1v) is 17.1. The topological polar surface area (TPSA) is 34.1 Å². The Morgan fingerprint density at radius 3 is 1.09 bits per heavy atom. The number of fused-ring (bicyclic) bond motifs is 2. The third kappa shape index (κ3) is 7.83. The second kappa shape index (κ2) is 15.8. The molecule has 0 aromatic heterocycles. The van der Waals surface area contributed by atoms with E-state index in [0.717, 1.165) is 35.1 Å². The van der Waals surface area contributed by atoms with Crippen molar-refractivity contribution in [1.29, 1.82) is 0 Å². The molecule has 0 spiro atoms. The number of carbonyl (C=O) groups excluding carboxylic acids is 2. The fraction of sp³-hybridized carbons (Fsp3) is 0.381. The second-order valence-corrected chi connectivity index (χ2v) is 12.6. The van der Waals surface area contributed by atoms with Gasteiger partial charge in [-0.25, -0.2) is 0 Å². The van der Waals surface area contributed by atoms with E-state index in [1.807, 2.05) is 36.4 Å². The maximum atomic E-state index is 13.6. The molecule has 1 aliphatic rings. The summed E-state index contributed by atoms with van der Waals surface area (Å²) < 4.78 is 0. The van der Waals surface area contributed by atoms with Crippen molar-refractivity contribution in [1.82, 2.24) is 0 Å². The van der Waals surface area contributed by atoms with E-state index in [-0.39, 0.29) is 11.6 Å². The number of carbonyl (C=O) groups is 2. The van der Waals surface area contributed by atoms with E-state index >= 15 is 0 Å². The lowest BCUT2D eigenvalue weighted by Gasteiger charge is -2.19. The van der Waals surface area contributed by atoms with Gasteiger partial charge in [0.05, 0.1) is 0 Å². The standard InChI is InChI=1S/C42H48O2/c1-3-5-7-9-11-13-15-31-17-21-33(22-18-31)35-25-27-37-39(29-35)41(43)38-28-26-36(30-40(38)42(37)44)34-23-19-32(20-24-34)16-14-12-10-8-6-4-2/h17-30H,3-16H2,1-2H3. The SMILES string of the molecule is CCCCCCCCc1ccc(-c2ccc3c(c2)C(=O)c2ccc(-c4ccc(CCCCCCCC)cc4)cc2C3=O)cc1. The van der Waals surface area contributed by atoms with Gasteiger partial charge < -0.3 is 0 Å². The Morgan fingerprint density at radius 1 is 0.364 bits per heavy atom. The molecule has 0 radical (unpaired) electrons. The number of benzene rings is 4. The van der Waals surface area contributed by atoms with Gasteiger partial charge in [-0.15, -0.1) is 0 Å². The molecule has 5 rings (SSSR count).